The molecule has 5 nitrogen and oxygen atoms in total. The van der Waals surface area contributed by atoms with Gasteiger partial charge in [-0.1, -0.05) is 24.3 Å². The minimum absolute atomic E-state index is 0.0417. The van der Waals surface area contributed by atoms with E-state index in [9.17, 15) is 26.4 Å². The molecule has 26 heavy (non-hydrogen) atoms. The molecule has 2 aromatic rings. The molecule has 9 heteroatoms. The Morgan fingerprint density at radius 2 is 1.77 bits per heavy atom. The Morgan fingerprint density at radius 3 is 2.35 bits per heavy atom. The van der Waals surface area contributed by atoms with Gasteiger partial charge < -0.3 is 9.47 Å². The van der Waals surface area contributed by atoms with Gasteiger partial charge in [-0.2, -0.15) is 13.2 Å². The summed E-state index contributed by atoms with van der Waals surface area (Å²) in [5, 5.41) is 0. The smallest absolute Gasteiger partial charge is 0.454 e. The maximum atomic E-state index is 12.7. The van der Waals surface area contributed by atoms with Crippen molar-refractivity contribution in [3.05, 3.63) is 53.6 Å². The average molecular weight is 388 g/mol. The first-order chi connectivity index (χ1) is 12.0. The minimum atomic E-state index is -4.99. The van der Waals surface area contributed by atoms with Crippen molar-refractivity contribution in [3.63, 3.8) is 0 Å². The van der Waals surface area contributed by atoms with Crippen LogP contribution in [0.2, 0.25) is 0 Å². The number of sulfone groups is 1. The fourth-order valence-corrected chi connectivity index (χ4v) is 3.05. The predicted molar refractivity (Wildman–Crippen MR) is 87.3 cm³/mol. The first kappa shape index (κ1) is 19.8. The van der Waals surface area contributed by atoms with Crippen LogP contribution < -0.4 is 9.47 Å². The zero-order chi connectivity index (χ0) is 19.5. The summed E-state index contributed by atoms with van der Waals surface area (Å²) in [6.07, 6.45) is -3.97. The quantitative estimate of drug-likeness (QED) is 0.710. The third-order valence-corrected chi connectivity index (χ3v) is 4.58. The van der Waals surface area contributed by atoms with Gasteiger partial charge in [0.1, 0.15) is 23.0 Å². The molecule has 0 bridgehead atoms. The van der Waals surface area contributed by atoms with Crippen molar-refractivity contribution in [1.82, 2.24) is 0 Å². The summed E-state index contributed by atoms with van der Waals surface area (Å²) in [6.45, 7) is -0.306. The van der Waals surface area contributed by atoms with Gasteiger partial charge in [0.2, 0.25) is 0 Å². The van der Waals surface area contributed by atoms with Crippen molar-refractivity contribution in [2.24, 2.45) is 0 Å². The van der Waals surface area contributed by atoms with E-state index in [1.54, 1.807) is 0 Å². The molecule has 0 amide bonds. The number of hydrogen-bond donors (Lipinski definition) is 0. The molecule has 140 valence electrons. The lowest BCUT2D eigenvalue weighted by Gasteiger charge is -2.13. The molecule has 0 aliphatic carbocycles. The molecule has 0 spiro atoms. The second kappa shape index (κ2) is 7.36. The second-order valence-electron chi connectivity index (χ2n) is 5.36. The van der Waals surface area contributed by atoms with Crippen molar-refractivity contribution < 1.29 is 35.9 Å². The standard InChI is InChI=1S/C17H15F3O5S/c1-24-14-9-12(7-8-15(14)26(2,22)23)25-10-11-5-3-4-6-13(11)16(21)17(18,19)20/h3-9H,10H2,1-2H3. The van der Waals surface area contributed by atoms with Crippen LogP contribution in [0.15, 0.2) is 47.4 Å². The van der Waals surface area contributed by atoms with E-state index < -0.39 is 27.4 Å². The summed E-state index contributed by atoms with van der Waals surface area (Å²) in [6, 6.07) is 9.17. The molecule has 0 unspecified atom stereocenters. The molecule has 0 saturated heterocycles. The zero-order valence-electron chi connectivity index (χ0n) is 13.8. The monoisotopic (exact) mass is 388 g/mol. The summed E-state index contributed by atoms with van der Waals surface area (Å²) in [4.78, 5) is 11.4. The van der Waals surface area contributed by atoms with Crippen molar-refractivity contribution in [3.8, 4) is 11.5 Å². The summed E-state index contributed by atoms with van der Waals surface area (Å²) in [7, 11) is -2.23. The number of benzene rings is 2. The lowest BCUT2D eigenvalue weighted by atomic mass is 10.0. The largest absolute Gasteiger partial charge is 0.495 e. The summed E-state index contributed by atoms with van der Waals surface area (Å²) < 4.78 is 71.7. The molecule has 2 aromatic carbocycles. The number of rotatable bonds is 6. The van der Waals surface area contributed by atoms with Crippen LogP contribution in [0.5, 0.6) is 11.5 Å². The lowest BCUT2D eigenvalue weighted by molar-refractivity contribution is -0.0886. The van der Waals surface area contributed by atoms with Gasteiger partial charge in [0.25, 0.3) is 5.78 Å². The highest BCUT2D eigenvalue weighted by Gasteiger charge is 2.40. The molecule has 0 aliphatic rings. The third kappa shape index (κ3) is 4.54. The number of alkyl halides is 3. The number of Topliss-reactive ketones (excluding diaryl/α,β-unsaturated/α-hetero) is 1. The Labute approximate surface area is 148 Å². The number of ether oxygens (including phenoxy) is 2. The van der Waals surface area contributed by atoms with Gasteiger partial charge in [0, 0.05) is 23.4 Å². The summed E-state index contributed by atoms with van der Waals surface area (Å²) >= 11 is 0. The van der Waals surface area contributed by atoms with Crippen molar-refractivity contribution in [2.45, 2.75) is 17.7 Å². The number of halogens is 3. The van der Waals surface area contributed by atoms with Gasteiger partial charge in [0.05, 0.1) is 7.11 Å². The molecule has 0 N–H and O–H groups in total. The number of ketones is 1. The second-order valence-corrected chi connectivity index (χ2v) is 7.34. The predicted octanol–water partition coefficient (Wildman–Crippen LogP) is 3.42. The normalized spacial score (nSPS) is 11.9. The van der Waals surface area contributed by atoms with Gasteiger partial charge in [-0.05, 0) is 12.1 Å². The number of carbonyl (C=O) groups is 1. The van der Waals surface area contributed by atoms with Crippen LogP contribution in [0.3, 0.4) is 0 Å². The Kier molecular flexibility index (Phi) is 5.60. The molecule has 0 radical (unpaired) electrons. The molecule has 0 fully saturated rings. The van der Waals surface area contributed by atoms with Crippen LogP contribution in [0.4, 0.5) is 13.2 Å². The van der Waals surface area contributed by atoms with Gasteiger partial charge in [-0.25, -0.2) is 8.42 Å². The third-order valence-electron chi connectivity index (χ3n) is 3.45. The fraction of sp³-hybridized carbons (Fsp3) is 0.235. The van der Waals surface area contributed by atoms with Crippen LogP contribution >= 0.6 is 0 Å². The topological polar surface area (TPSA) is 69.7 Å². The molecular weight excluding hydrogens is 373 g/mol. The first-order valence-corrected chi connectivity index (χ1v) is 9.13. The van der Waals surface area contributed by atoms with E-state index in [1.807, 2.05) is 0 Å². The molecule has 0 saturated carbocycles. The van der Waals surface area contributed by atoms with E-state index in [0.29, 0.717) is 0 Å². The van der Waals surface area contributed by atoms with Crippen LogP contribution in [0.25, 0.3) is 0 Å². The van der Waals surface area contributed by atoms with Gasteiger partial charge >= 0.3 is 6.18 Å². The Morgan fingerprint density at radius 1 is 1.12 bits per heavy atom. The van der Waals surface area contributed by atoms with Crippen molar-refractivity contribution in [1.29, 1.82) is 0 Å². The molecule has 0 aliphatic heterocycles. The molecule has 0 aromatic heterocycles. The molecule has 0 atom stereocenters. The molecule has 0 heterocycles. The maximum Gasteiger partial charge on any atom is 0.454 e. The highest BCUT2D eigenvalue weighted by molar-refractivity contribution is 7.90. The van der Waals surface area contributed by atoms with E-state index in [2.05, 4.69) is 0 Å². The average Bonchev–Trinajstić information content (AvgIpc) is 2.57. The fourth-order valence-electron chi connectivity index (χ4n) is 2.23. The number of methoxy groups -OCH3 is 1. The van der Waals surface area contributed by atoms with E-state index in [-0.39, 0.29) is 28.6 Å². The highest BCUT2D eigenvalue weighted by atomic mass is 32.2. The van der Waals surface area contributed by atoms with E-state index >= 15 is 0 Å². The van der Waals surface area contributed by atoms with Crippen LogP contribution in [-0.4, -0.2) is 33.7 Å². The Balaban J connectivity index is 2.27. The minimum Gasteiger partial charge on any atom is -0.495 e. The van der Waals surface area contributed by atoms with Gasteiger partial charge in [-0.15, -0.1) is 0 Å². The summed E-state index contributed by atoms with van der Waals surface area (Å²) in [5.41, 5.74) is -0.444. The van der Waals surface area contributed by atoms with Crippen molar-refractivity contribution >= 4 is 15.6 Å². The summed E-state index contributed by atoms with van der Waals surface area (Å²) in [5.74, 6) is -1.73. The first-order valence-electron chi connectivity index (χ1n) is 7.24. The van der Waals surface area contributed by atoms with Crippen LogP contribution in [-0.2, 0) is 16.4 Å². The molecule has 2 rings (SSSR count). The SMILES string of the molecule is COc1cc(OCc2ccccc2C(=O)C(F)(F)F)ccc1S(C)(=O)=O. The Bertz CT molecular complexity index is 920. The maximum absolute atomic E-state index is 12.7. The molecular formula is C17H15F3O5S. The number of carbonyl (C=O) groups excluding carboxylic acids is 1. The van der Waals surface area contributed by atoms with Crippen molar-refractivity contribution in [2.75, 3.05) is 13.4 Å². The van der Waals surface area contributed by atoms with Crippen LogP contribution in [0.1, 0.15) is 15.9 Å². The van der Waals surface area contributed by atoms with Gasteiger partial charge in [0.15, 0.2) is 9.84 Å². The number of hydrogen-bond acceptors (Lipinski definition) is 5. The van der Waals surface area contributed by atoms with Crippen LogP contribution in [0, 0.1) is 0 Å². The van der Waals surface area contributed by atoms with E-state index in [4.69, 9.17) is 9.47 Å². The zero-order valence-corrected chi connectivity index (χ0v) is 14.6. The lowest BCUT2D eigenvalue weighted by Crippen LogP contribution is -2.24. The highest BCUT2D eigenvalue weighted by Crippen LogP contribution is 2.29. The van der Waals surface area contributed by atoms with E-state index in [0.717, 1.165) is 12.3 Å². The Hall–Kier alpha value is -2.55. The van der Waals surface area contributed by atoms with E-state index in [1.165, 1.54) is 43.5 Å². The van der Waals surface area contributed by atoms with Gasteiger partial charge in [-0.3, -0.25) is 4.79 Å².